The fraction of sp³-hybridized carbons (Fsp3) is 0.714. The molecular weight excluding hydrogens is 256 g/mol. The third kappa shape index (κ3) is 3.50. The molecular formula is C14H22N4O2. The topological polar surface area (TPSA) is 68.2 Å². The van der Waals surface area contributed by atoms with Crippen LogP contribution in [0.25, 0.3) is 0 Å². The van der Waals surface area contributed by atoms with E-state index in [2.05, 4.69) is 22.7 Å². The van der Waals surface area contributed by atoms with Crippen LogP contribution in [-0.4, -0.2) is 41.0 Å². The van der Waals surface area contributed by atoms with Gasteiger partial charge in [-0.25, -0.2) is 0 Å². The van der Waals surface area contributed by atoms with Crippen molar-refractivity contribution < 1.29 is 9.53 Å². The third-order valence-electron chi connectivity index (χ3n) is 3.95. The Morgan fingerprint density at radius 2 is 2.40 bits per heavy atom. The highest BCUT2D eigenvalue weighted by Crippen LogP contribution is 2.20. The summed E-state index contributed by atoms with van der Waals surface area (Å²) in [6.07, 6.45) is 6.98. The molecule has 1 amide bonds. The molecule has 6 nitrogen and oxygen atoms in total. The van der Waals surface area contributed by atoms with Crippen LogP contribution in [0, 0.1) is 5.92 Å². The summed E-state index contributed by atoms with van der Waals surface area (Å²) in [7, 11) is 0. The summed E-state index contributed by atoms with van der Waals surface area (Å²) >= 11 is 0. The number of ether oxygens (including phenoxy) is 1. The van der Waals surface area contributed by atoms with Crippen LogP contribution in [0.4, 0.5) is 5.69 Å². The number of carbonyl (C=O) groups excluding carboxylic acids is 1. The number of nitrogens with one attached hydrogen (secondary N) is 2. The van der Waals surface area contributed by atoms with Crippen LogP contribution in [-0.2, 0) is 16.1 Å². The van der Waals surface area contributed by atoms with Gasteiger partial charge in [0.1, 0.15) is 6.54 Å². The molecule has 110 valence electrons. The molecule has 1 aliphatic carbocycles. The largest absolute Gasteiger partial charge is 0.381 e. The number of hydrogen-bond donors (Lipinski definition) is 2. The summed E-state index contributed by atoms with van der Waals surface area (Å²) in [4.78, 5) is 11.7. The highest BCUT2D eigenvalue weighted by atomic mass is 16.5. The Bertz CT molecular complexity index is 463. The van der Waals surface area contributed by atoms with Crippen molar-refractivity contribution in [3.63, 3.8) is 0 Å². The SMILES string of the molecule is CC(Nc1cnn(CC(=O)NC2CC2)c1)C1CCOC1. The Balaban J connectivity index is 1.49. The van der Waals surface area contributed by atoms with E-state index in [1.54, 1.807) is 10.9 Å². The summed E-state index contributed by atoms with van der Waals surface area (Å²) in [5, 5.41) is 10.6. The van der Waals surface area contributed by atoms with Crippen molar-refractivity contribution in [3.05, 3.63) is 12.4 Å². The van der Waals surface area contributed by atoms with Gasteiger partial charge in [-0.3, -0.25) is 9.48 Å². The first-order valence-electron chi connectivity index (χ1n) is 7.37. The smallest absolute Gasteiger partial charge is 0.241 e. The van der Waals surface area contributed by atoms with Gasteiger partial charge in [-0.2, -0.15) is 5.10 Å². The zero-order valence-electron chi connectivity index (χ0n) is 11.8. The van der Waals surface area contributed by atoms with E-state index in [1.165, 1.54) is 0 Å². The lowest BCUT2D eigenvalue weighted by Crippen LogP contribution is -2.29. The number of rotatable bonds is 6. The molecule has 1 aliphatic heterocycles. The summed E-state index contributed by atoms with van der Waals surface area (Å²) in [5.74, 6) is 0.593. The van der Waals surface area contributed by atoms with Gasteiger partial charge in [-0.1, -0.05) is 0 Å². The van der Waals surface area contributed by atoms with Crippen LogP contribution in [0.2, 0.25) is 0 Å². The van der Waals surface area contributed by atoms with Crippen LogP contribution in [0.1, 0.15) is 26.2 Å². The number of nitrogens with zero attached hydrogens (tertiary/aromatic N) is 2. The lowest BCUT2D eigenvalue weighted by Gasteiger charge is -2.19. The molecule has 2 aliphatic rings. The minimum absolute atomic E-state index is 0.0411. The summed E-state index contributed by atoms with van der Waals surface area (Å²) in [6, 6.07) is 0.758. The molecule has 1 saturated heterocycles. The minimum Gasteiger partial charge on any atom is -0.381 e. The van der Waals surface area contributed by atoms with E-state index in [0.717, 1.165) is 38.2 Å². The van der Waals surface area contributed by atoms with Crippen molar-refractivity contribution in [2.45, 2.75) is 44.8 Å². The first-order chi connectivity index (χ1) is 9.70. The molecule has 1 aromatic heterocycles. The van der Waals surface area contributed by atoms with Crippen molar-refractivity contribution in [1.29, 1.82) is 0 Å². The van der Waals surface area contributed by atoms with Crippen LogP contribution < -0.4 is 10.6 Å². The molecule has 2 N–H and O–H groups in total. The molecule has 0 spiro atoms. The molecule has 0 aromatic carbocycles. The van der Waals surface area contributed by atoms with Gasteiger partial charge in [0.15, 0.2) is 0 Å². The van der Waals surface area contributed by atoms with Crippen molar-refractivity contribution in [2.75, 3.05) is 18.5 Å². The Kier molecular flexibility index (Phi) is 3.91. The molecule has 6 heteroatoms. The van der Waals surface area contributed by atoms with Gasteiger partial charge in [0.2, 0.25) is 5.91 Å². The van der Waals surface area contributed by atoms with Crippen LogP contribution >= 0.6 is 0 Å². The zero-order chi connectivity index (χ0) is 13.9. The maximum atomic E-state index is 11.7. The van der Waals surface area contributed by atoms with Gasteiger partial charge < -0.3 is 15.4 Å². The fourth-order valence-electron chi connectivity index (χ4n) is 2.50. The molecule has 20 heavy (non-hydrogen) atoms. The second-order valence-electron chi connectivity index (χ2n) is 5.83. The first kappa shape index (κ1) is 13.4. The second-order valence-corrected chi connectivity index (χ2v) is 5.83. The molecule has 2 unspecified atom stereocenters. The van der Waals surface area contributed by atoms with Gasteiger partial charge in [-0.15, -0.1) is 0 Å². The van der Waals surface area contributed by atoms with E-state index in [0.29, 0.717) is 24.5 Å². The van der Waals surface area contributed by atoms with Crippen molar-refractivity contribution in [1.82, 2.24) is 15.1 Å². The molecule has 1 aromatic rings. The Hall–Kier alpha value is -1.56. The number of amides is 1. The van der Waals surface area contributed by atoms with Crippen molar-refractivity contribution in [2.24, 2.45) is 5.92 Å². The normalized spacial score (nSPS) is 23.6. The quantitative estimate of drug-likeness (QED) is 0.814. The molecule has 2 fully saturated rings. The Morgan fingerprint density at radius 3 is 3.10 bits per heavy atom. The van der Waals surface area contributed by atoms with Crippen LogP contribution in [0.5, 0.6) is 0 Å². The average molecular weight is 278 g/mol. The molecule has 1 saturated carbocycles. The zero-order valence-corrected chi connectivity index (χ0v) is 11.8. The molecule has 2 heterocycles. The summed E-state index contributed by atoms with van der Waals surface area (Å²) in [5.41, 5.74) is 0.962. The highest BCUT2D eigenvalue weighted by molar-refractivity contribution is 5.76. The van der Waals surface area contributed by atoms with E-state index >= 15 is 0 Å². The molecule has 3 rings (SSSR count). The first-order valence-corrected chi connectivity index (χ1v) is 7.37. The number of aromatic nitrogens is 2. The van der Waals surface area contributed by atoms with Crippen molar-refractivity contribution in [3.8, 4) is 0 Å². The average Bonchev–Trinajstić information content (AvgIpc) is 2.93. The number of carbonyl (C=O) groups is 1. The predicted octanol–water partition coefficient (Wildman–Crippen LogP) is 0.999. The van der Waals surface area contributed by atoms with Gasteiger partial charge in [0, 0.05) is 30.8 Å². The Labute approximate surface area is 118 Å². The van der Waals surface area contributed by atoms with Crippen molar-refractivity contribution >= 4 is 11.6 Å². The number of anilines is 1. The maximum absolute atomic E-state index is 11.7. The standard InChI is InChI=1S/C14H22N4O2/c1-10(11-4-5-20-9-11)16-13-6-15-18(7-13)8-14(19)17-12-2-3-12/h6-7,10-12,16H,2-5,8-9H2,1H3,(H,17,19). The molecule has 2 atom stereocenters. The second kappa shape index (κ2) is 5.83. The molecule has 0 radical (unpaired) electrons. The van der Waals surface area contributed by atoms with Crippen LogP contribution in [0.15, 0.2) is 12.4 Å². The lowest BCUT2D eigenvalue weighted by atomic mass is 10.0. The Morgan fingerprint density at radius 1 is 1.55 bits per heavy atom. The minimum atomic E-state index is 0.0411. The number of hydrogen-bond acceptors (Lipinski definition) is 4. The van der Waals surface area contributed by atoms with Gasteiger partial charge in [0.25, 0.3) is 0 Å². The summed E-state index contributed by atoms with van der Waals surface area (Å²) in [6.45, 7) is 4.14. The van der Waals surface area contributed by atoms with E-state index in [4.69, 9.17) is 4.74 Å². The monoisotopic (exact) mass is 278 g/mol. The third-order valence-corrected chi connectivity index (χ3v) is 3.95. The molecule has 0 bridgehead atoms. The predicted molar refractivity (Wildman–Crippen MR) is 75.4 cm³/mol. The van der Waals surface area contributed by atoms with E-state index in [-0.39, 0.29) is 5.91 Å². The fourth-order valence-corrected chi connectivity index (χ4v) is 2.50. The maximum Gasteiger partial charge on any atom is 0.241 e. The van der Waals surface area contributed by atoms with Crippen LogP contribution in [0.3, 0.4) is 0 Å². The van der Waals surface area contributed by atoms with Gasteiger partial charge in [0.05, 0.1) is 18.5 Å². The lowest BCUT2D eigenvalue weighted by molar-refractivity contribution is -0.122. The van der Waals surface area contributed by atoms with Gasteiger partial charge in [-0.05, 0) is 26.2 Å². The van der Waals surface area contributed by atoms with E-state index in [9.17, 15) is 4.79 Å². The van der Waals surface area contributed by atoms with E-state index in [1.807, 2.05) is 6.20 Å². The summed E-state index contributed by atoms with van der Waals surface area (Å²) < 4.78 is 7.08. The van der Waals surface area contributed by atoms with E-state index < -0.39 is 0 Å². The highest BCUT2D eigenvalue weighted by Gasteiger charge is 2.24. The van der Waals surface area contributed by atoms with Gasteiger partial charge >= 0.3 is 0 Å².